The van der Waals surface area contributed by atoms with Crippen LogP contribution in [0.25, 0.3) is 5.69 Å². The summed E-state index contributed by atoms with van der Waals surface area (Å²) in [6, 6.07) is 10.2. The number of hydrogen-bond donors (Lipinski definition) is 1. The zero-order valence-electron chi connectivity index (χ0n) is 10.1. The molecule has 18 heavy (non-hydrogen) atoms. The number of nitrogens with zero attached hydrogens (tertiary/aromatic N) is 2. The van der Waals surface area contributed by atoms with Crippen LogP contribution in [0.15, 0.2) is 54.9 Å². The monoisotopic (exact) mass is 261 g/mol. The van der Waals surface area contributed by atoms with Crippen molar-refractivity contribution in [3.8, 4) is 5.69 Å². The van der Waals surface area contributed by atoms with Crippen molar-refractivity contribution in [2.75, 3.05) is 12.4 Å². The first-order valence-electron chi connectivity index (χ1n) is 5.91. The highest BCUT2D eigenvalue weighted by Gasteiger charge is 2.02. The third kappa shape index (κ3) is 3.45. The van der Waals surface area contributed by atoms with Crippen molar-refractivity contribution in [1.82, 2.24) is 15.1 Å². The highest BCUT2D eigenvalue weighted by Crippen LogP contribution is 2.12. The summed E-state index contributed by atoms with van der Waals surface area (Å²) in [7, 11) is 0. The van der Waals surface area contributed by atoms with E-state index in [4.69, 9.17) is 11.6 Å². The highest BCUT2D eigenvalue weighted by atomic mass is 35.5. The van der Waals surface area contributed by atoms with Gasteiger partial charge in [-0.3, -0.25) is 0 Å². The molecular formula is C14H16ClN3. The lowest BCUT2D eigenvalue weighted by Crippen LogP contribution is -2.14. The molecule has 1 aromatic heterocycles. The van der Waals surface area contributed by atoms with Crippen LogP contribution >= 0.6 is 11.6 Å². The molecular weight excluding hydrogens is 246 g/mol. The number of alkyl halides is 1. The largest absolute Gasteiger partial charge is 0.309 e. The fourth-order valence-electron chi connectivity index (χ4n) is 1.73. The van der Waals surface area contributed by atoms with Crippen LogP contribution in [0, 0.1) is 0 Å². The first-order chi connectivity index (χ1) is 8.92. The average molecular weight is 262 g/mol. The molecule has 0 saturated heterocycles. The van der Waals surface area contributed by atoms with Gasteiger partial charge in [0.05, 0.1) is 5.69 Å². The Kier molecular flexibility index (Phi) is 5.00. The molecule has 0 aliphatic rings. The number of halogens is 1. The maximum atomic E-state index is 5.56. The van der Waals surface area contributed by atoms with E-state index in [0.29, 0.717) is 5.88 Å². The van der Waals surface area contributed by atoms with Crippen molar-refractivity contribution in [1.29, 1.82) is 0 Å². The van der Waals surface area contributed by atoms with Crippen molar-refractivity contribution in [3.05, 3.63) is 60.4 Å². The van der Waals surface area contributed by atoms with E-state index in [9.17, 15) is 0 Å². The normalized spacial score (nSPS) is 11.2. The SMILES string of the molecule is ClC/C=C/CNCc1ccccc1-n1cccn1. The lowest BCUT2D eigenvalue weighted by Gasteiger charge is -2.09. The molecule has 0 atom stereocenters. The maximum absolute atomic E-state index is 5.56. The molecule has 1 N–H and O–H groups in total. The lowest BCUT2D eigenvalue weighted by atomic mass is 10.2. The molecule has 0 unspecified atom stereocenters. The van der Waals surface area contributed by atoms with E-state index in [0.717, 1.165) is 18.8 Å². The number of allylic oxidation sites excluding steroid dienone is 1. The van der Waals surface area contributed by atoms with E-state index in [-0.39, 0.29) is 0 Å². The molecule has 0 aliphatic carbocycles. The number of rotatable bonds is 6. The minimum Gasteiger partial charge on any atom is -0.309 e. The minimum atomic E-state index is 0.561. The molecule has 0 saturated carbocycles. The lowest BCUT2D eigenvalue weighted by molar-refractivity contribution is 0.745. The molecule has 2 rings (SSSR count). The Morgan fingerprint density at radius 3 is 2.89 bits per heavy atom. The van der Waals surface area contributed by atoms with Crippen molar-refractivity contribution in [2.24, 2.45) is 0 Å². The Balaban J connectivity index is 2.02. The van der Waals surface area contributed by atoms with Gasteiger partial charge in [0.1, 0.15) is 0 Å². The van der Waals surface area contributed by atoms with Gasteiger partial charge in [-0.2, -0.15) is 5.10 Å². The maximum Gasteiger partial charge on any atom is 0.0690 e. The summed E-state index contributed by atoms with van der Waals surface area (Å²) in [6.45, 7) is 1.63. The molecule has 0 radical (unpaired) electrons. The van der Waals surface area contributed by atoms with Crippen molar-refractivity contribution in [2.45, 2.75) is 6.54 Å². The van der Waals surface area contributed by atoms with Crippen LogP contribution < -0.4 is 5.32 Å². The second kappa shape index (κ2) is 6.99. The standard InChI is InChI=1S/C14H16ClN3/c15-8-3-4-9-16-12-13-6-1-2-7-14(13)18-11-5-10-17-18/h1-7,10-11,16H,8-9,12H2/b4-3+. The number of para-hydroxylation sites is 1. The van der Waals surface area contributed by atoms with Gasteiger partial charge in [0.25, 0.3) is 0 Å². The number of hydrogen-bond acceptors (Lipinski definition) is 2. The molecule has 0 amide bonds. The summed E-state index contributed by atoms with van der Waals surface area (Å²) in [5, 5.41) is 7.61. The minimum absolute atomic E-state index is 0.561. The van der Waals surface area contributed by atoms with Crippen LogP contribution in [-0.2, 0) is 6.54 Å². The fourth-order valence-corrected chi connectivity index (χ4v) is 1.86. The highest BCUT2D eigenvalue weighted by molar-refractivity contribution is 6.18. The van der Waals surface area contributed by atoms with Gasteiger partial charge in [-0.15, -0.1) is 11.6 Å². The molecule has 0 aliphatic heterocycles. The summed E-state index contributed by atoms with van der Waals surface area (Å²) in [5.74, 6) is 0.561. The summed E-state index contributed by atoms with van der Waals surface area (Å²) in [5.41, 5.74) is 2.33. The number of aromatic nitrogens is 2. The molecule has 2 aromatic rings. The predicted molar refractivity (Wildman–Crippen MR) is 75.1 cm³/mol. The molecule has 0 spiro atoms. The molecule has 0 fully saturated rings. The Hall–Kier alpha value is -1.58. The quantitative estimate of drug-likeness (QED) is 0.492. The van der Waals surface area contributed by atoms with E-state index >= 15 is 0 Å². The number of benzene rings is 1. The third-order valence-corrected chi connectivity index (χ3v) is 2.75. The average Bonchev–Trinajstić information content (AvgIpc) is 2.93. The zero-order valence-corrected chi connectivity index (χ0v) is 10.8. The van der Waals surface area contributed by atoms with E-state index in [1.807, 2.05) is 41.2 Å². The van der Waals surface area contributed by atoms with Gasteiger partial charge in [-0.1, -0.05) is 30.4 Å². The van der Waals surface area contributed by atoms with E-state index < -0.39 is 0 Å². The summed E-state index contributed by atoms with van der Waals surface area (Å²) >= 11 is 5.56. The Morgan fingerprint density at radius 1 is 1.22 bits per heavy atom. The zero-order chi connectivity index (χ0) is 12.6. The summed E-state index contributed by atoms with van der Waals surface area (Å²) in [6.07, 6.45) is 7.71. The van der Waals surface area contributed by atoms with Gasteiger partial charge < -0.3 is 5.32 Å². The van der Waals surface area contributed by atoms with Gasteiger partial charge in [-0.25, -0.2) is 4.68 Å². The fraction of sp³-hybridized carbons (Fsp3) is 0.214. The Morgan fingerprint density at radius 2 is 2.11 bits per heavy atom. The molecule has 1 heterocycles. The Bertz CT molecular complexity index is 492. The van der Waals surface area contributed by atoms with Crippen molar-refractivity contribution < 1.29 is 0 Å². The van der Waals surface area contributed by atoms with Gasteiger partial charge in [0, 0.05) is 31.4 Å². The summed E-state index contributed by atoms with van der Waals surface area (Å²) < 4.78 is 1.88. The van der Waals surface area contributed by atoms with Crippen LogP contribution in [0.1, 0.15) is 5.56 Å². The van der Waals surface area contributed by atoms with E-state index in [2.05, 4.69) is 22.5 Å². The smallest absolute Gasteiger partial charge is 0.0690 e. The predicted octanol–water partition coefficient (Wildman–Crippen LogP) is 2.76. The second-order valence-electron chi connectivity index (χ2n) is 3.84. The van der Waals surface area contributed by atoms with Gasteiger partial charge in [0.2, 0.25) is 0 Å². The van der Waals surface area contributed by atoms with Gasteiger partial charge in [0.15, 0.2) is 0 Å². The third-order valence-electron chi connectivity index (χ3n) is 2.58. The summed E-state index contributed by atoms with van der Waals surface area (Å²) in [4.78, 5) is 0. The van der Waals surface area contributed by atoms with Crippen molar-refractivity contribution in [3.63, 3.8) is 0 Å². The van der Waals surface area contributed by atoms with Crippen LogP contribution in [-0.4, -0.2) is 22.2 Å². The molecule has 1 aromatic carbocycles. The second-order valence-corrected chi connectivity index (χ2v) is 4.14. The first-order valence-corrected chi connectivity index (χ1v) is 6.45. The van der Waals surface area contributed by atoms with Crippen LogP contribution in [0.4, 0.5) is 0 Å². The molecule has 3 nitrogen and oxygen atoms in total. The molecule has 94 valence electrons. The van der Waals surface area contributed by atoms with E-state index in [1.54, 1.807) is 6.20 Å². The molecule has 0 bridgehead atoms. The first kappa shape index (κ1) is 12.9. The van der Waals surface area contributed by atoms with Gasteiger partial charge in [-0.05, 0) is 17.7 Å². The molecule has 4 heteroatoms. The van der Waals surface area contributed by atoms with Crippen molar-refractivity contribution >= 4 is 11.6 Å². The van der Waals surface area contributed by atoms with Crippen LogP contribution in [0.3, 0.4) is 0 Å². The number of nitrogens with one attached hydrogen (secondary N) is 1. The Labute approximate surface area is 112 Å². The van der Waals surface area contributed by atoms with Gasteiger partial charge >= 0.3 is 0 Å². The topological polar surface area (TPSA) is 29.9 Å². The van der Waals surface area contributed by atoms with Crippen LogP contribution in [0.5, 0.6) is 0 Å². The van der Waals surface area contributed by atoms with Crippen LogP contribution in [0.2, 0.25) is 0 Å². The van der Waals surface area contributed by atoms with E-state index in [1.165, 1.54) is 5.56 Å².